The van der Waals surface area contributed by atoms with Gasteiger partial charge in [0, 0.05) is 26.1 Å². The van der Waals surface area contributed by atoms with Gasteiger partial charge in [-0.2, -0.15) is 0 Å². The molecule has 5 nitrogen and oxygen atoms in total. The summed E-state index contributed by atoms with van der Waals surface area (Å²) in [5.74, 6) is 0.416. The summed E-state index contributed by atoms with van der Waals surface area (Å²) in [4.78, 5) is 14.2. The molecule has 2 aromatic rings. The number of nitrogens with one attached hydrogen (secondary N) is 1. The molecule has 20 heavy (non-hydrogen) atoms. The highest BCUT2D eigenvalue weighted by atomic mass is 32.1. The molecule has 1 amide bonds. The number of carbonyl (C=O) groups excluding carboxylic acids is 1. The Hall–Kier alpha value is -1.95. The number of amides is 1. The minimum atomic E-state index is -0.0116. The van der Waals surface area contributed by atoms with Gasteiger partial charge in [-0.15, -0.1) is 10.2 Å². The molecule has 0 spiro atoms. The van der Waals surface area contributed by atoms with E-state index in [9.17, 15) is 4.79 Å². The van der Waals surface area contributed by atoms with Crippen molar-refractivity contribution < 1.29 is 4.79 Å². The molecule has 104 valence electrons. The Morgan fingerprint density at radius 1 is 1.35 bits per heavy atom. The van der Waals surface area contributed by atoms with Gasteiger partial charge in [0.2, 0.25) is 10.1 Å². The number of nitrogens with zero attached hydrogens (tertiary/aromatic N) is 3. The first-order valence-electron chi connectivity index (χ1n) is 6.63. The molecule has 1 aromatic heterocycles. The predicted octanol–water partition coefficient (Wildman–Crippen LogP) is 2.21. The van der Waals surface area contributed by atoms with Crippen LogP contribution in [0.3, 0.4) is 0 Å². The van der Waals surface area contributed by atoms with Crippen LogP contribution < -0.4 is 5.32 Å². The summed E-state index contributed by atoms with van der Waals surface area (Å²) in [6.45, 7) is 1.55. The number of hydrogen-bond donors (Lipinski definition) is 1. The summed E-state index contributed by atoms with van der Waals surface area (Å²) < 4.78 is 0. The fourth-order valence-corrected chi connectivity index (χ4v) is 3.15. The second kappa shape index (κ2) is 5.58. The first-order valence-corrected chi connectivity index (χ1v) is 7.45. The molecule has 0 saturated carbocycles. The molecule has 1 fully saturated rings. The summed E-state index contributed by atoms with van der Waals surface area (Å²) >= 11 is 1.30. The van der Waals surface area contributed by atoms with Crippen LogP contribution >= 0.6 is 11.3 Å². The van der Waals surface area contributed by atoms with Crippen molar-refractivity contribution in [2.75, 3.05) is 25.5 Å². The smallest absolute Gasteiger partial charge is 0.284 e. The molecule has 1 N–H and O–H groups in total. The number of rotatable bonds is 3. The zero-order chi connectivity index (χ0) is 13.9. The first-order chi connectivity index (χ1) is 9.78. The molecule has 2 heterocycles. The number of carbonyl (C=O) groups is 1. The number of hydrogen-bond acceptors (Lipinski definition) is 5. The van der Waals surface area contributed by atoms with Crippen LogP contribution in [0.15, 0.2) is 30.3 Å². The van der Waals surface area contributed by atoms with Gasteiger partial charge in [-0.3, -0.25) is 4.79 Å². The summed E-state index contributed by atoms with van der Waals surface area (Å²) in [7, 11) is 1.77. The maximum absolute atomic E-state index is 12.4. The molecule has 1 unspecified atom stereocenters. The summed E-state index contributed by atoms with van der Waals surface area (Å²) in [6.07, 6.45) is 1.01. The van der Waals surface area contributed by atoms with E-state index in [1.54, 1.807) is 7.05 Å². The van der Waals surface area contributed by atoms with E-state index in [0.29, 0.717) is 16.1 Å². The van der Waals surface area contributed by atoms with Gasteiger partial charge in [-0.1, -0.05) is 41.7 Å². The molecule has 0 radical (unpaired) electrons. The number of benzene rings is 1. The molecule has 0 bridgehead atoms. The lowest BCUT2D eigenvalue weighted by atomic mass is 9.99. The van der Waals surface area contributed by atoms with E-state index in [1.165, 1.54) is 16.9 Å². The van der Waals surface area contributed by atoms with Gasteiger partial charge in [-0.05, 0) is 12.0 Å². The Balaban J connectivity index is 1.69. The van der Waals surface area contributed by atoms with Gasteiger partial charge in [-0.25, -0.2) is 0 Å². The third kappa shape index (κ3) is 2.51. The second-order valence-electron chi connectivity index (χ2n) is 4.81. The van der Waals surface area contributed by atoms with E-state index in [-0.39, 0.29) is 5.91 Å². The third-order valence-corrected chi connectivity index (χ3v) is 4.50. The third-order valence-electron chi connectivity index (χ3n) is 3.57. The highest BCUT2D eigenvalue weighted by molar-refractivity contribution is 7.17. The maximum atomic E-state index is 12.4. The van der Waals surface area contributed by atoms with Gasteiger partial charge in [0.1, 0.15) is 0 Å². The molecule has 6 heteroatoms. The Morgan fingerprint density at radius 2 is 2.15 bits per heavy atom. The monoisotopic (exact) mass is 288 g/mol. The molecule has 0 aliphatic carbocycles. The average Bonchev–Trinajstić information content (AvgIpc) is 3.17. The van der Waals surface area contributed by atoms with Gasteiger partial charge in [0.15, 0.2) is 0 Å². The molecular formula is C14H16N4OS. The molecule has 1 saturated heterocycles. The number of likely N-dealkylation sites (tertiary alicyclic amines) is 1. The van der Waals surface area contributed by atoms with Crippen molar-refractivity contribution in [1.29, 1.82) is 0 Å². The van der Waals surface area contributed by atoms with Crippen molar-refractivity contribution in [3.8, 4) is 0 Å². The molecule has 1 aromatic carbocycles. The van der Waals surface area contributed by atoms with Crippen LogP contribution in [0, 0.1) is 0 Å². The molecule has 1 aliphatic heterocycles. The molecular weight excluding hydrogens is 272 g/mol. The summed E-state index contributed by atoms with van der Waals surface area (Å²) in [6, 6.07) is 10.4. The Kier molecular flexibility index (Phi) is 3.64. The number of aromatic nitrogens is 2. The summed E-state index contributed by atoms with van der Waals surface area (Å²) in [5.41, 5.74) is 1.30. The van der Waals surface area contributed by atoms with Gasteiger partial charge in [0.05, 0.1) is 0 Å². The average molecular weight is 288 g/mol. The fourth-order valence-electron chi connectivity index (χ4n) is 2.49. The maximum Gasteiger partial charge on any atom is 0.284 e. The zero-order valence-corrected chi connectivity index (χ0v) is 12.1. The topological polar surface area (TPSA) is 58.1 Å². The van der Waals surface area contributed by atoms with E-state index in [2.05, 4.69) is 27.6 Å². The van der Waals surface area contributed by atoms with Crippen LogP contribution in [0.4, 0.5) is 5.13 Å². The molecule has 3 rings (SSSR count). The predicted molar refractivity (Wildman–Crippen MR) is 79.2 cm³/mol. The minimum Gasteiger partial charge on any atom is -0.363 e. The lowest BCUT2D eigenvalue weighted by molar-refractivity contribution is 0.0789. The lowest BCUT2D eigenvalue weighted by Crippen LogP contribution is -2.28. The Labute approximate surface area is 121 Å². The first kappa shape index (κ1) is 13.1. The Morgan fingerprint density at radius 3 is 2.85 bits per heavy atom. The largest absolute Gasteiger partial charge is 0.363 e. The van der Waals surface area contributed by atoms with Crippen molar-refractivity contribution in [3.05, 3.63) is 40.9 Å². The SMILES string of the molecule is CNc1nnc(C(=O)N2CCC(c3ccccc3)C2)s1. The van der Waals surface area contributed by atoms with Crippen molar-refractivity contribution in [1.82, 2.24) is 15.1 Å². The Bertz CT molecular complexity index is 598. The van der Waals surface area contributed by atoms with Crippen molar-refractivity contribution in [2.24, 2.45) is 0 Å². The minimum absolute atomic E-state index is 0.0116. The van der Waals surface area contributed by atoms with Crippen molar-refractivity contribution in [3.63, 3.8) is 0 Å². The second-order valence-corrected chi connectivity index (χ2v) is 5.79. The van der Waals surface area contributed by atoms with Crippen molar-refractivity contribution >= 4 is 22.4 Å². The molecule has 1 atom stereocenters. The summed E-state index contributed by atoms with van der Waals surface area (Å²) in [5, 5.41) is 11.9. The van der Waals surface area contributed by atoms with Gasteiger partial charge in [0.25, 0.3) is 5.91 Å². The van der Waals surface area contributed by atoms with Crippen LogP contribution in [-0.4, -0.2) is 41.1 Å². The molecule has 1 aliphatic rings. The fraction of sp³-hybridized carbons (Fsp3) is 0.357. The van der Waals surface area contributed by atoms with E-state index in [1.807, 2.05) is 23.1 Å². The standard InChI is InChI=1S/C14H16N4OS/c1-15-14-17-16-12(20-14)13(19)18-8-7-11(9-18)10-5-3-2-4-6-10/h2-6,11H,7-9H2,1H3,(H,15,17). The van der Waals surface area contributed by atoms with Crippen LogP contribution in [0.1, 0.15) is 27.7 Å². The van der Waals surface area contributed by atoms with E-state index in [4.69, 9.17) is 0 Å². The highest BCUT2D eigenvalue weighted by Crippen LogP contribution is 2.28. The van der Waals surface area contributed by atoms with Gasteiger partial charge < -0.3 is 10.2 Å². The normalized spacial score (nSPS) is 18.2. The quantitative estimate of drug-likeness (QED) is 0.940. The van der Waals surface area contributed by atoms with E-state index >= 15 is 0 Å². The van der Waals surface area contributed by atoms with Crippen LogP contribution in [-0.2, 0) is 0 Å². The highest BCUT2D eigenvalue weighted by Gasteiger charge is 2.29. The van der Waals surface area contributed by atoms with Crippen LogP contribution in [0.2, 0.25) is 0 Å². The van der Waals surface area contributed by atoms with E-state index < -0.39 is 0 Å². The number of anilines is 1. The zero-order valence-electron chi connectivity index (χ0n) is 11.2. The van der Waals surface area contributed by atoms with Crippen molar-refractivity contribution in [2.45, 2.75) is 12.3 Å². The van der Waals surface area contributed by atoms with Crippen LogP contribution in [0.5, 0.6) is 0 Å². The lowest BCUT2D eigenvalue weighted by Gasteiger charge is -2.14. The van der Waals surface area contributed by atoms with E-state index in [0.717, 1.165) is 19.5 Å². The van der Waals surface area contributed by atoms with Crippen LogP contribution in [0.25, 0.3) is 0 Å². The van der Waals surface area contributed by atoms with Gasteiger partial charge >= 0.3 is 0 Å².